The third-order valence-corrected chi connectivity index (χ3v) is 7.81. The summed E-state index contributed by atoms with van der Waals surface area (Å²) in [5, 5.41) is 2.34. The van der Waals surface area contributed by atoms with Gasteiger partial charge in [-0.05, 0) is 41.3 Å². The molecule has 0 amide bonds. The molecule has 0 unspecified atom stereocenters. The van der Waals surface area contributed by atoms with E-state index >= 15 is 0 Å². The van der Waals surface area contributed by atoms with Gasteiger partial charge in [0.15, 0.2) is 11.6 Å². The fraction of sp³-hybridized carbons (Fsp3) is 0.125. The van der Waals surface area contributed by atoms with Gasteiger partial charge in [0.1, 0.15) is 0 Å². The first-order valence-corrected chi connectivity index (χ1v) is 13.5. The Morgan fingerprint density at radius 2 is 1.26 bits per heavy atom. The number of benzene rings is 4. The zero-order chi connectivity index (χ0) is 25.9. The number of fused-ring (bicyclic) bond motifs is 4. The number of para-hydroxylation sites is 2. The monoisotopic (exact) mass is 511 g/mol. The lowest BCUT2D eigenvalue weighted by Gasteiger charge is -2.19. The van der Waals surface area contributed by atoms with Crippen molar-refractivity contribution in [2.75, 3.05) is 0 Å². The van der Waals surface area contributed by atoms with Crippen molar-refractivity contribution >= 4 is 43.4 Å². The van der Waals surface area contributed by atoms with Crippen LogP contribution in [0.5, 0.6) is 0 Å². The molecule has 0 saturated carbocycles. The van der Waals surface area contributed by atoms with E-state index in [0.717, 1.165) is 32.4 Å². The van der Waals surface area contributed by atoms with Gasteiger partial charge in [-0.2, -0.15) is 9.97 Å². The zero-order valence-electron chi connectivity index (χ0n) is 21.4. The van der Waals surface area contributed by atoms with E-state index in [1.54, 1.807) is 11.3 Å². The van der Waals surface area contributed by atoms with Crippen LogP contribution in [0.2, 0.25) is 0 Å². The van der Waals surface area contributed by atoms with Gasteiger partial charge in [0.25, 0.3) is 0 Å². The molecule has 184 valence electrons. The summed E-state index contributed by atoms with van der Waals surface area (Å²) >= 11 is 1.63. The minimum Gasteiger partial charge on any atom is -0.278 e. The molecule has 0 aliphatic heterocycles. The van der Waals surface area contributed by atoms with E-state index in [9.17, 15) is 0 Å². The first-order valence-electron chi connectivity index (χ1n) is 12.6. The Morgan fingerprint density at radius 3 is 1.92 bits per heavy atom. The highest BCUT2D eigenvalue weighted by molar-refractivity contribution is 7.16. The molecular formula is C32H25N5S. The lowest BCUT2D eigenvalue weighted by molar-refractivity contribution is 0.590. The van der Waals surface area contributed by atoms with E-state index in [1.807, 2.05) is 5.51 Å². The second-order valence-corrected chi connectivity index (χ2v) is 11.4. The summed E-state index contributed by atoms with van der Waals surface area (Å²) < 4.78 is 3.29. The van der Waals surface area contributed by atoms with E-state index < -0.39 is 0 Å². The molecule has 7 aromatic rings. The molecule has 0 saturated heterocycles. The first-order chi connectivity index (χ1) is 18.5. The maximum atomic E-state index is 5.04. The molecule has 4 aromatic carbocycles. The average Bonchev–Trinajstić information content (AvgIpc) is 3.54. The van der Waals surface area contributed by atoms with Crippen molar-refractivity contribution in [1.82, 2.24) is 24.5 Å². The maximum Gasteiger partial charge on any atom is 0.238 e. The van der Waals surface area contributed by atoms with Crippen LogP contribution in [0.25, 0.3) is 60.7 Å². The van der Waals surface area contributed by atoms with Crippen molar-refractivity contribution in [3.8, 4) is 28.7 Å². The smallest absolute Gasteiger partial charge is 0.238 e. The number of thiazole rings is 1. The zero-order valence-corrected chi connectivity index (χ0v) is 22.2. The van der Waals surface area contributed by atoms with Crippen LogP contribution in [0, 0.1) is 0 Å². The molecule has 38 heavy (non-hydrogen) atoms. The van der Waals surface area contributed by atoms with Crippen LogP contribution >= 0.6 is 11.3 Å². The largest absolute Gasteiger partial charge is 0.278 e. The van der Waals surface area contributed by atoms with Crippen molar-refractivity contribution < 1.29 is 0 Å². The average molecular weight is 512 g/mol. The Kier molecular flexibility index (Phi) is 5.13. The molecule has 5 nitrogen and oxygen atoms in total. The Bertz CT molecular complexity index is 1910. The highest BCUT2D eigenvalue weighted by Gasteiger charge is 2.19. The summed E-state index contributed by atoms with van der Waals surface area (Å²) in [6.07, 6.45) is 0. The van der Waals surface area contributed by atoms with Gasteiger partial charge >= 0.3 is 0 Å². The Hall–Kier alpha value is -4.42. The predicted molar refractivity (Wildman–Crippen MR) is 157 cm³/mol. The molecular weight excluding hydrogens is 486 g/mol. The van der Waals surface area contributed by atoms with Crippen molar-refractivity contribution in [2.24, 2.45) is 0 Å². The predicted octanol–water partition coefficient (Wildman–Crippen LogP) is 8.21. The molecule has 3 heterocycles. The van der Waals surface area contributed by atoms with Crippen molar-refractivity contribution in [2.45, 2.75) is 26.2 Å². The van der Waals surface area contributed by atoms with Crippen LogP contribution in [0.15, 0.2) is 96.5 Å². The molecule has 0 N–H and O–H groups in total. The number of rotatable bonds is 3. The maximum absolute atomic E-state index is 5.04. The van der Waals surface area contributed by atoms with Gasteiger partial charge in [0, 0.05) is 21.9 Å². The van der Waals surface area contributed by atoms with E-state index in [1.165, 1.54) is 16.3 Å². The standard InChI is InChI=1S/C32H25N5S/c1-32(2,3)22-15-12-20(13-16-22)29-34-30(21-14-17-28-25(18-21)33-19-38-28)36-31(35-29)37-26-10-6-4-8-23(26)24-9-5-7-11-27(24)37/h4-19H,1-3H3. The lowest BCUT2D eigenvalue weighted by atomic mass is 9.87. The van der Waals surface area contributed by atoms with Gasteiger partial charge < -0.3 is 0 Å². The Labute approximate surface area is 224 Å². The van der Waals surface area contributed by atoms with E-state index in [-0.39, 0.29) is 5.41 Å². The van der Waals surface area contributed by atoms with Crippen molar-refractivity contribution in [3.63, 3.8) is 0 Å². The van der Waals surface area contributed by atoms with Gasteiger partial charge in [-0.1, -0.05) is 81.4 Å². The molecule has 0 spiro atoms. The number of hydrogen-bond donors (Lipinski definition) is 0. The summed E-state index contributed by atoms with van der Waals surface area (Å²) in [6, 6.07) is 31.6. The number of nitrogens with zero attached hydrogens (tertiary/aromatic N) is 5. The highest BCUT2D eigenvalue weighted by atomic mass is 32.1. The number of hydrogen-bond acceptors (Lipinski definition) is 5. The summed E-state index contributed by atoms with van der Waals surface area (Å²) in [4.78, 5) is 19.6. The second kappa shape index (κ2) is 8.57. The molecule has 0 atom stereocenters. The summed E-state index contributed by atoms with van der Waals surface area (Å²) in [5.41, 5.74) is 8.16. The topological polar surface area (TPSA) is 56.5 Å². The van der Waals surface area contributed by atoms with E-state index in [2.05, 4.69) is 121 Å². The third kappa shape index (κ3) is 3.76. The number of aromatic nitrogens is 5. The van der Waals surface area contributed by atoms with Crippen LogP contribution in [0.1, 0.15) is 26.3 Å². The molecule has 0 aliphatic carbocycles. The van der Waals surface area contributed by atoms with Crippen LogP contribution in [0.3, 0.4) is 0 Å². The van der Waals surface area contributed by atoms with E-state index in [4.69, 9.17) is 15.0 Å². The van der Waals surface area contributed by atoms with Crippen LogP contribution in [-0.4, -0.2) is 24.5 Å². The summed E-state index contributed by atoms with van der Waals surface area (Å²) in [6.45, 7) is 6.66. The van der Waals surface area contributed by atoms with Gasteiger partial charge in [-0.3, -0.25) is 4.57 Å². The van der Waals surface area contributed by atoms with Crippen LogP contribution < -0.4 is 0 Å². The van der Waals surface area contributed by atoms with Gasteiger partial charge in [-0.15, -0.1) is 11.3 Å². The minimum atomic E-state index is 0.0693. The quantitative estimate of drug-likeness (QED) is 0.240. The third-order valence-electron chi connectivity index (χ3n) is 7.00. The molecule has 0 aliphatic rings. The van der Waals surface area contributed by atoms with Crippen LogP contribution in [0.4, 0.5) is 0 Å². The molecule has 0 bridgehead atoms. The molecule has 3 aromatic heterocycles. The summed E-state index contributed by atoms with van der Waals surface area (Å²) in [7, 11) is 0. The Balaban J connectivity index is 1.50. The molecule has 7 rings (SSSR count). The molecule has 0 fully saturated rings. The van der Waals surface area contributed by atoms with Crippen molar-refractivity contribution in [3.05, 3.63) is 102 Å². The van der Waals surface area contributed by atoms with Gasteiger partial charge in [0.05, 0.1) is 26.8 Å². The molecule has 0 radical (unpaired) electrons. The van der Waals surface area contributed by atoms with Gasteiger partial charge in [-0.25, -0.2) is 9.97 Å². The fourth-order valence-electron chi connectivity index (χ4n) is 4.98. The SMILES string of the molecule is CC(C)(C)c1ccc(-c2nc(-c3ccc4scnc4c3)nc(-n3c4ccccc4c4ccccc43)n2)cc1. The lowest BCUT2D eigenvalue weighted by Crippen LogP contribution is -2.10. The van der Waals surface area contributed by atoms with Crippen molar-refractivity contribution in [1.29, 1.82) is 0 Å². The first kappa shape index (κ1) is 22.8. The Morgan fingerprint density at radius 1 is 0.658 bits per heavy atom. The fourth-order valence-corrected chi connectivity index (χ4v) is 5.64. The normalized spacial score (nSPS) is 12.1. The molecule has 6 heteroatoms. The minimum absolute atomic E-state index is 0.0693. The van der Waals surface area contributed by atoms with Crippen LogP contribution in [-0.2, 0) is 5.41 Å². The summed E-state index contributed by atoms with van der Waals surface area (Å²) in [5.74, 6) is 1.87. The van der Waals surface area contributed by atoms with Gasteiger partial charge in [0.2, 0.25) is 5.95 Å². The second-order valence-electron chi connectivity index (χ2n) is 10.5. The highest BCUT2D eigenvalue weighted by Crippen LogP contribution is 2.33. The van der Waals surface area contributed by atoms with E-state index in [0.29, 0.717) is 17.6 Å².